The molecule has 0 saturated carbocycles. The van der Waals surface area contributed by atoms with E-state index in [4.69, 9.17) is 11.6 Å². The highest BCUT2D eigenvalue weighted by Gasteiger charge is 2.31. The van der Waals surface area contributed by atoms with Gasteiger partial charge >= 0.3 is 0 Å². The van der Waals surface area contributed by atoms with Gasteiger partial charge in [-0.2, -0.15) is 0 Å². The highest BCUT2D eigenvalue weighted by Crippen LogP contribution is 2.41. The van der Waals surface area contributed by atoms with Crippen molar-refractivity contribution < 1.29 is 4.79 Å². The zero-order chi connectivity index (χ0) is 10.6. The van der Waals surface area contributed by atoms with Crippen LogP contribution in [0.25, 0.3) is 0 Å². The molecule has 1 N–H and O–H groups in total. The molecule has 1 aromatic rings. The van der Waals surface area contributed by atoms with E-state index in [0.717, 1.165) is 27.0 Å². The predicted molar refractivity (Wildman–Crippen MR) is 67.0 cm³/mol. The van der Waals surface area contributed by atoms with Crippen molar-refractivity contribution in [1.29, 1.82) is 0 Å². The lowest BCUT2D eigenvalue weighted by Crippen LogP contribution is -2.31. The summed E-state index contributed by atoms with van der Waals surface area (Å²) in [4.78, 5) is 17.5. The number of hydrogen-bond acceptors (Lipinski definition) is 4. The van der Waals surface area contributed by atoms with Gasteiger partial charge in [-0.1, -0.05) is 11.6 Å². The molecular weight excluding hydrogens is 269 g/mol. The van der Waals surface area contributed by atoms with Crippen molar-refractivity contribution in [2.75, 3.05) is 6.54 Å². The Morgan fingerprint density at radius 2 is 2.25 bits per heavy atom. The maximum atomic E-state index is 11.2. The van der Waals surface area contributed by atoms with Crippen molar-refractivity contribution in [3.05, 3.63) is 15.5 Å². The minimum absolute atomic E-state index is 0. The van der Waals surface area contributed by atoms with Gasteiger partial charge < -0.3 is 4.90 Å². The lowest BCUT2D eigenvalue weighted by atomic mass is 10.2. The van der Waals surface area contributed by atoms with Gasteiger partial charge in [0.15, 0.2) is 0 Å². The third-order valence-corrected chi connectivity index (χ3v) is 4.16. The molecule has 3 rings (SSSR count). The maximum Gasteiger partial charge on any atom is 0.246 e. The van der Waals surface area contributed by atoms with E-state index >= 15 is 0 Å². The third kappa shape index (κ3) is 1.59. The van der Waals surface area contributed by atoms with Crippen LogP contribution in [0.3, 0.4) is 0 Å². The van der Waals surface area contributed by atoms with Gasteiger partial charge in [-0.3, -0.25) is 10.1 Å². The van der Waals surface area contributed by atoms with Crippen LogP contribution in [0.5, 0.6) is 0 Å². The number of amides is 1. The molecule has 1 fully saturated rings. The second kappa shape index (κ2) is 3.91. The van der Waals surface area contributed by atoms with E-state index in [1.807, 2.05) is 11.8 Å². The van der Waals surface area contributed by atoms with Gasteiger partial charge in [0.2, 0.25) is 11.9 Å². The Morgan fingerprint density at radius 3 is 3.00 bits per heavy atom. The van der Waals surface area contributed by atoms with Crippen molar-refractivity contribution in [2.45, 2.75) is 13.5 Å². The van der Waals surface area contributed by atoms with E-state index in [1.165, 1.54) is 11.3 Å². The van der Waals surface area contributed by atoms with E-state index < -0.39 is 0 Å². The van der Waals surface area contributed by atoms with Crippen LogP contribution in [-0.4, -0.2) is 23.3 Å². The fraction of sp³-hybridized carbons (Fsp3) is 0.333. The van der Waals surface area contributed by atoms with Crippen LogP contribution in [0.1, 0.15) is 11.1 Å². The Balaban J connectivity index is 0.000000963. The molecule has 1 aromatic heterocycles. The van der Waals surface area contributed by atoms with E-state index in [2.05, 4.69) is 10.3 Å². The second-order valence-electron chi connectivity index (χ2n) is 3.62. The number of thiophene rings is 1. The summed E-state index contributed by atoms with van der Waals surface area (Å²) in [5.41, 5.74) is 2.23. The molecule has 1 amide bonds. The third-order valence-electron chi connectivity index (χ3n) is 2.63. The Kier molecular flexibility index (Phi) is 2.86. The van der Waals surface area contributed by atoms with Crippen molar-refractivity contribution in [3.8, 4) is 0 Å². The fourth-order valence-electron chi connectivity index (χ4n) is 1.79. The molecule has 0 aliphatic carbocycles. The largest absolute Gasteiger partial charge is 0.329 e. The van der Waals surface area contributed by atoms with E-state index in [-0.39, 0.29) is 18.3 Å². The van der Waals surface area contributed by atoms with Crippen molar-refractivity contribution >= 4 is 52.2 Å². The van der Waals surface area contributed by atoms with E-state index in [0.29, 0.717) is 12.5 Å². The van der Waals surface area contributed by atoms with Crippen LogP contribution in [0.4, 0.5) is 5.00 Å². The van der Waals surface area contributed by atoms with Crippen molar-refractivity contribution in [3.63, 3.8) is 0 Å². The average Bonchev–Trinajstić information content (AvgIpc) is 2.65. The Bertz CT molecular complexity index is 497. The lowest BCUT2D eigenvalue weighted by Gasteiger charge is -2.20. The number of guanidine groups is 1. The number of carbonyl (C=O) groups excluding carboxylic acids is 1. The first-order valence-corrected chi connectivity index (χ1v) is 5.76. The predicted octanol–water partition coefficient (Wildman–Crippen LogP) is 2.06. The lowest BCUT2D eigenvalue weighted by molar-refractivity contribution is -0.118. The molecule has 2 aliphatic rings. The van der Waals surface area contributed by atoms with E-state index in [1.54, 1.807) is 0 Å². The standard InChI is InChI=1S/C9H8ClN3OS.ClH/c1-4-5-2-13-3-6(14)11-9(13)12-8(5)15-7(4)10;/h2-3H2,1H3,(H,11,12,14);1H. The van der Waals surface area contributed by atoms with Crippen LogP contribution >= 0.6 is 35.3 Å². The van der Waals surface area contributed by atoms with Gasteiger partial charge in [-0.15, -0.1) is 23.7 Å². The molecule has 0 spiro atoms. The van der Waals surface area contributed by atoms with Crippen LogP contribution in [0.15, 0.2) is 4.99 Å². The molecule has 0 aromatic carbocycles. The Morgan fingerprint density at radius 1 is 1.50 bits per heavy atom. The SMILES string of the molecule is Cc1c(Cl)sc2c1CN1CC(=O)NC1=N2.Cl. The number of fused-ring (bicyclic) bond motifs is 2. The molecule has 3 heterocycles. The summed E-state index contributed by atoms with van der Waals surface area (Å²) in [6.45, 7) is 3.11. The summed E-state index contributed by atoms with van der Waals surface area (Å²) >= 11 is 7.52. The average molecular weight is 278 g/mol. The molecule has 2 aliphatic heterocycles. The normalized spacial score (nSPS) is 17.2. The number of rotatable bonds is 0. The van der Waals surface area contributed by atoms with Crippen molar-refractivity contribution in [2.24, 2.45) is 4.99 Å². The number of aliphatic imine (C=N–C) groups is 1. The van der Waals surface area contributed by atoms with Crippen LogP contribution in [0.2, 0.25) is 4.34 Å². The summed E-state index contributed by atoms with van der Waals surface area (Å²) < 4.78 is 0.789. The van der Waals surface area contributed by atoms with Gasteiger partial charge in [-0.05, 0) is 12.5 Å². The number of nitrogens with one attached hydrogen (secondary N) is 1. The summed E-state index contributed by atoms with van der Waals surface area (Å²) in [6, 6.07) is 0. The molecule has 0 bridgehead atoms. The van der Waals surface area contributed by atoms with Gasteiger partial charge in [0.05, 0.1) is 4.34 Å². The molecule has 0 atom stereocenters. The molecule has 4 nitrogen and oxygen atoms in total. The molecule has 7 heteroatoms. The molecule has 0 unspecified atom stereocenters. The summed E-state index contributed by atoms with van der Waals surface area (Å²) in [5, 5.41) is 3.65. The van der Waals surface area contributed by atoms with Crippen LogP contribution in [0, 0.1) is 6.92 Å². The maximum absolute atomic E-state index is 11.2. The smallest absolute Gasteiger partial charge is 0.246 e. The molecule has 0 radical (unpaired) electrons. The van der Waals surface area contributed by atoms with Crippen molar-refractivity contribution in [1.82, 2.24) is 10.2 Å². The highest BCUT2D eigenvalue weighted by atomic mass is 35.5. The first-order chi connectivity index (χ1) is 7.15. The molecule has 16 heavy (non-hydrogen) atoms. The van der Waals surface area contributed by atoms with Gasteiger partial charge in [0, 0.05) is 12.1 Å². The quantitative estimate of drug-likeness (QED) is 0.789. The van der Waals surface area contributed by atoms with Crippen LogP contribution < -0.4 is 5.32 Å². The Hall–Kier alpha value is -0.780. The number of halogens is 2. The molecular formula is C9H9Cl2N3OS. The van der Waals surface area contributed by atoms with E-state index in [9.17, 15) is 4.79 Å². The first-order valence-electron chi connectivity index (χ1n) is 4.56. The monoisotopic (exact) mass is 277 g/mol. The molecule has 86 valence electrons. The summed E-state index contributed by atoms with van der Waals surface area (Å²) in [6.07, 6.45) is 0. The number of hydrogen-bond donors (Lipinski definition) is 1. The highest BCUT2D eigenvalue weighted by molar-refractivity contribution is 7.20. The first kappa shape index (κ1) is 11.7. The van der Waals surface area contributed by atoms with Crippen LogP contribution in [-0.2, 0) is 11.3 Å². The number of nitrogens with zero attached hydrogens (tertiary/aromatic N) is 2. The summed E-state index contributed by atoms with van der Waals surface area (Å²) in [7, 11) is 0. The minimum Gasteiger partial charge on any atom is -0.329 e. The minimum atomic E-state index is 0. The fourth-order valence-corrected chi connectivity index (χ4v) is 3.04. The van der Waals surface area contributed by atoms with Gasteiger partial charge in [0.1, 0.15) is 11.5 Å². The number of carbonyl (C=O) groups is 1. The zero-order valence-electron chi connectivity index (χ0n) is 8.41. The molecule has 1 saturated heterocycles. The second-order valence-corrected chi connectivity index (χ2v) is 5.23. The Labute approximate surface area is 108 Å². The zero-order valence-corrected chi connectivity index (χ0v) is 10.8. The summed E-state index contributed by atoms with van der Waals surface area (Å²) in [5.74, 6) is 0.665. The van der Waals surface area contributed by atoms with Gasteiger partial charge in [0.25, 0.3) is 0 Å². The van der Waals surface area contributed by atoms with Gasteiger partial charge in [-0.25, -0.2) is 4.99 Å². The topological polar surface area (TPSA) is 44.7 Å².